The fourth-order valence-electron chi connectivity index (χ4n) is 2.58. The van der Waals surface area contributed by atoms with E-state index in [-0.39, 0.29) is 6.61 Å². The molecule has 1 aromatic heterocycles. The first-order valence-corrected chi connectivity index (χ1v) is 8.25. The Morgan fingerprint density at radius 1 is 1.28 bits per heavy atom. The molecule has 0 bridgehead atoms. The third-order valence-electron chi connectivity index (χ3n) is 3.78. The van der Waals surface area contributed by atoms with Crippen molar-refractivity contribution in [2.45, 2.75) is 12.6 Å². The van der Waals surface area contributed by atoms with Crippen molar-refractivity contribution in [1.29, 1.82) is 0 Å². The van der Waals surface area contributed by atoms with Crippen molar-refractivity contribution in [2.75, 3.05) is 57.9 Å². The molecule has 0 saturated carbocycles. The Morgan fingerprint density at radius 3 is 2.64 bits per heavy atom. The van der Waals surface area contributed by atoms with Crippen molar-refractivity contribution in [3.63, 3.8) is 0 Å². The second-order valence-electron chi connectivity index (χ2n) is 5.66. The minimum Gasteiger partial charge on any atom is -0.372 e. The number of piperazine rings is 1. The van der Waals surface area contributed by atoms with Gasteiger partial charge in [0.05, 0.1) is 0 Å². The van der Waals surface area contributed by atoms with Gasteiger partial charge in [-0.05, 0) is 18.6 Å². The SMILES string of the molecule is CN=C(NCCCOCC(F)(F)F)N1CCN(c2ccccn2)CC1. The monoisotopic (exact) mass is 359 g/mol. The molecule has 1 fully saturated rings. The largest absolute Gasteiger partial charge is 0.411 e. The van der Waals surface area contributed by atoms with Gasteiger partial charge in [-0.25, -0.2) is 4.98 Å². The van der Waals surface area contributed by atoms with Gasteiger partial charge in [0.15, 0.2) is 5.96 Å². The molecule has 0 aliphatic carbocycles. The Kier molecular flexibility index (Phi) is 7.30. The molecule has 1 N–H and O–H groups in total. The molecule has 0 spiro atoms. The number of anilines is 1. The summed E-state index contributed by atoms with van der Waals surface area (Å²) in [5.74, 6) is 1.73. The summed E-state index contributed by atoms with van der Waals surface area (Å²) in [5, 5.41) is 3.17. The highest BCUT2D eigenvalue weighted by Crippen LogP contribution is 2.14. The summed E-state index contributed by atoms with van der Waals surface area (Å²) >= 11 is 0. The number of hydrogen-bond acceptors (Lipinski definition) is 4. The lowest BCUT2D eigenvalue weighted by Crippen LogP contribution is -2.52. The van der Waals surface area contributed by atoms with Gasteiger partial charge in [0.25, 0.3) is 0 Å². The third kappa shape index (κ3) is 6.77. The summed E-state index contributed by atoms with van der Waals surface area (Å²) in [6, 6.07) is 5.85. The number of alkyl halides is 3. The van der Waals surface area contributed by atoms with Crippen molar-refractivity contribution in [1.82, 2.24) is 15.2 Å². The highest BCUT2D eigenvalue weighted by molar-refractivity contribution is 5.80. The maximum absolute atomic E-state index is 12.0. The standard InChI is InChI=1S/C16H24F3N5O/c1-20-15(22-7-4-12-25-13-16(17,18)19)24-10-8-23(9-11-24)14-5-2-3-6-21-14/h2-3,5-6H,4,7-13H2,1H3,(H,20,22). The van der Waals surface area contributed by atoms with Gasteiger partial charge in [-0.1, -0.05) is 6.07 Å². The number of rotatable bonds is 6. The van der Waals surface area contributed by atoms with Crippen LogP contribution in [0.2, 0.25) is 0 Å². The van der Waals surface area contributed by atoms with Crippen molar-refractivity contribution < 1.29 is 17.9 Å². The molecule has 0 atom stereocenters. The van der Waals surface area contributed by atoms with E-state index in [0.717, 1.165) is 38.0 Å². The maximum Gasteiger partial charge on any atom is 0.411 e. The van der Waals surface area contributed by atoms with Crippen molar-refractivity contribution in [3.8, 4) is 0 Å². The Balaban J connectivity index is 1.67. The maximum atomic E-state index is 12.0. The number of nitrogens with zero attached hydrogens (tertiary/aromatic N) is 4. The van der Waals surface area contributed by atoms with E-state index < -0.39 is 12.8 Å². The van der Waals surface area contributed by atoms with Crippen molar-refractivity contribution in [3.05, 3.63) is 24.4 Å². The first-order chi connectivity index (χ1) is 12.0. The van der Waals surface area contributed by atoms with E-state index in [1.54, 1.807) is 13.2 Å². The Labute approximate surface area is 145 Å². The summed E-state index contributed by atoms with van der Waals surface area (Å²) in [5.41, 5.74) is 0. The molecule has 2 heterocycles. The van der Waals surface area contributed by atoms with Gasteiger partial charge in [-0.3, -0.25) is 4.99 Å². The number of guanidine groups is 1. The molecule has 0 unspecified atom stereocenters. The quantitative estimate of drug-likeness (QED) is 0.476. The molecule has 0 amide bonds. The van der Waals surface area contributed by atoms with Crippen LogP contribution in [0, 0.1) is 0 Å². The summed E-state index contributed by atoms with van der Waals surface area (Å²) in [4.78, 5) is 13.0. The minimum atomic E-state index is -4.27. The smallest absolute Gasteiger partial charge is 0.372 e. The molecule has 25 heavy (non-hydrogen) atoms. The van der Waals surface area contributed by atoms with Gasteiger partial charge in [0.1, 0.15) is 12.4 Å². The average Bonchev–Trinajstić information content (AvgIpc) is 2.61. The van der Waals surface area contributed by atoms with E-state index in [1.807, 2.05) is 18.2 Å². The molecular formula is C16H24F3N5O. The van der Waals surface area contributed by atoms with Crippen molar-refractivity contribution in [2.24, 2.45) is 4.99 Å². The zero-order chi connectivity index (χ0) is 18.1. The van der Waals surface area contributed by atoms with E-state index in [2.05, 4.69) is 29.8 Å². The van der Waals surface area contributed by atoms with Gasteiger partial charge >= 0.3 is 6.18 Å². The molecule has 1 saturated heterocycles. The minimum absolute atomic E-state index is 0.0664. The van der Waals surface area contributed by atoms with E-state index in [9.17, 15) is 13.2 Å². The van der Waals surface area contributed by atoms with E-state index in [4.69, 9.17) is 0 Å². The van der Waals surface area contributed by atoms with Crippen LogP contribution >= 0.6 is 0 Å². The van der Waals surface area contributed by atoms with Crippen LogP contribution in [0.4, 0.5) is 19.0 Å². The molecule has 0 radical (unpaired) electrons. The number of ether oxygens (including phenoxy) is 1. The average molecular weight is 359 g/mol. The lowest BCUT2D eigenvalue weighted by Gasteiger charge is -2.37. The number of nitrogens with one attached hydrogen (secondary N) is 1. The van der Waals surface area contributed by atoms with Crippen LogP contribution in [0.5, 0.6) is 0 Å². The van der Waals surface area contributed by atoms with Crippen LogP contribution in [-0.4, -0.2) is 75.0 Å². The normalized spacial score (nSPS) is 16.2. The van der Waals surface area contributed by atoms with E-state index in [0.29, 0.717) is 13.0 Å². The summed E-state index contributed by atoms with van der Waals surface area (Å²) in [7, 11) is 1.70. The van der Waals surface area contributed by atoms with Gasteiger partial charge < -0.3 is 19.9 Å². The molecular weight excluding hydrogens is 335 g/mol. The van der Waals surface area contributed by atoms with Crippen molar-refractivity contribution >= 4 is 11.8 Å². The molecule has 1 aliphatic rings. The molecule has 140 valence electrons. The highest BCUT2D eigenvalue weighted by atomic mass is 19.4. The zero-order valence-electron chi connectivity index (χ0n) is 14.3. The number of hydrogen-bond donors (Lipinski definition) is 1. The number of halogens is 3. The van der Waals surface area contributed by atoms with Gasteiger partial charge in [-0.15, -0.1) is 0 Å². The van der Waals surface area contributed by atoms with Gasteiger partial charge in [0, 0.05) is 52.6 Å². The molecule has 2 rings (SSSR count). The topological polar surface area (TPSA) is 53.0 Å². The second kappa shape index (κ2) is 9.45. The van der Waals surface area contributed by atoms with Crippen LogP contribution < -0.4 is 10.2 Å². The summed E-state index contributed by atoms with van der Waals surface area (Å²) in [6.07, 6.45) is -2.00. The molecule has 0 aromatic carbocycles. The first-order valence-electron chi connectivity index (χ1n) is 8.25. The predicted octanol–water partition coefficient (Wildman–Crippen LogP) is 1.75. The van der Waals surface area contributed by atoms with E-state index >= 15 is 0 Å². The Hall–Kier alpha value is -2.03. The molecule has 6 nitrogen and oxygen atoms in total. The lowest BCUT2D eigenvalue weighted by molar-refractivity contribution is -0.173. The zero-order valence-corrected chi connectivity index (χ0v) is 14.3. The van der Waals surface area contributed by atoms with Gasteiger partial charge in [0.2, 0.25) is 0 Å². The number of pyridine rings is 1. The van der Waals surface area contributed by atoms with Crippen LogP contribution in [0.3, 0.4) is 0 Å². The first kappa shape index (κ1) is 19.3. The second-order valence-corrected chi connectivity index (χ2v) is 5.66. The lowest BCUT2D eigenvalue weighted by atomic mass is 10.3. The fraction of sp³-hybridized carbons (Fsp3) is 0.625. The fourth-order valence-corrected chi connectivity index (χ4v) is 2.58. The molecule has 1 aromatic rings. The predicted molar refractivity (Wildman–Crippen MR) is 90.9 cm³/mol. The van der Waals surface area contributed by atoms with Crippen LogP contribution in [0.25, 0.3) is 0 Å². The molecule has 1 aliphatic heterocycles. The summed E-state index contributed by atoms with van der Waals surface area (Å²) in [6.45, 7) is 2.68. The number of aliphatic imine (C=N–C) groups is 1. The Morgan fingerprint density at radius 2 is 2.04 bits per heavy atom. The Bertz CT molecular complexity index is 530. The van der Waals surface area contributed by atoms with Gasteiger partial charge in [-0.2, -0.15) is 13.2 Å². The summed E-state index contributed by atoms with van der Waals surface area (Å²) < 4.78 is 40.5. The van der Waals surface area contributed by atoms with Crippen LogP contribution in [-0.2, 0) is 4.74 Å². The highest BCUT2D eigenvalue weighted by Gasteiger charge is 2.27. The van der Waals surface area contributed by atoms with Crippen LogP contribution in [0.1, 0.15) is 6.42 Å². The number of aromatic nitrogens is 1. The van der Waals surface area contributed by atoms with E-state index in [1.165, 1.54) is 0 Å². The molecule has 9 heteroatoms. The van der Waals surface area contributed by atoms with Crippen LogP contribution in [0.15, 0.2) is 29.4 Å². The third-order valence-corrected chi connectivity index (χ3v) is 3.78.